The standard InChI is InChI=1S/C15H19BrN2O2/c1-11-15(16)14(18(2)17-11)10-12(19)8-9-20-13-6-4-3-5-7-13/h3-7,12,19H,8-10H2,1-2H3. The lowest BCUT2D eigenvalue weighted by atomic mass is 10.1. The monoisotopic (exact) mass is 338 g/mol. The Morgan fingerprint density at radius 1 is 1.35 bits per heavy atom. The van der Waals surface area contributed by atoms with Gasteiger partial charge in [-0.05, 0) is 35.0 Å². The molecule has 1 atom stereocenters. The Bertz CT molecular complexity index is 555. The molecule has 0 aliphatic rings. The fourth-order valence-corrected chi connectivity index (χ4v) is 2.55. The molecule has 1 aromatic carbocycles. The van der Waals surface area contributed by atoms with Gasteiger partial charge in [0.25, 0.3) is 0 Å². The third-order valence-corrected chi connectivity index (χ3v) is 4.19. The summed E-state index contributed by atoms with van der Waals surface area (Å²) in [5.41, 5.74) is 1.95. The van der Waals surface area contributed by atoms with Gasteiger partial charge in [-0.2, -0.15) is 5.10 Å². The van der Waals surface area contributed by atoms with Crippen molar-refractivity contribution in [2.45, 2.75) is 25.9 Å². The molecule has 1 aromatic heterocycles. The van der Waals surface area contributed by atoms with Crippen molar-refractivity contribution >= 4 is 15.9 Å². The normalized spacial score (nSPS) is 12.4. The van der Waals surface area contributed by atoms with Crippen LogP contribution in [0.5, 0.6) is 5.75 Å². The zero-order valence-electron chi connectivity index (χ0n) is 11.7. The average molecular weight is 339 g/mol. The van der Waals surface area contributed by atoms with Crippen LogP contribution in [0.3, 0.4) is 0 Å². The Kier molecular flexibility index (Phi) is 5.20. The van der Waals surface area contributed by atoms with E-state index in [-0.39, 0.29) is 0 Å². The van der Waals surface area contributed by atoms with Crippen LogP contribution in [0.25, 0.3) is 0 Å². The second kappa shape index (κ2) is 6.90. The highest BCUT2D eigenvalue weighted by Crippen LogP contribution is 2.22. The van der Waals surface area contributed by atoms with E-state index in [1.807, 2.05) is 44.3 Å². The van der Waals surface area contributed by atoms with E-state index in [2.05, 4.69) is 21.0 Å². The Morgan fingerprint density at radius 3 is 2.65 bits per heavy atom. The third-order valence-electron chi connectivity index (χ3n) is 3.15. The highest BCUT2D eigenvalue weighted by atomic mass is 79.9. The first-order valence-corrected chi connectivity index (χ1v) is 7.41. The summed E-state index contributed by atoms with van der Waals surface area (Å²) in [6.45, 7) is 2.44. The molecule has 0 aliphatic heterocycles. The quantitative estimate of drug-likeness (QED) is 0.880. The minimum Gasteiger partial charge on any atom is -0.493 e. The van der Waals surface area contributed by atoms with E-state index in [4.69, 9.17) is 4.74 Å². The van der Waals surface area contributed by atoms with Gasteiger partial charge in [0.15, 0.2) is 0 Å². The molecule has 2 rings (SSSR count). The lowest BCUT2D eigenvalue weighted by Crippen LogP contribution is -2.17. The summed E-state index contributed by atoms with van der Waals surface area (Å²) in [5, 5.41) is 14.4. The first-order chi connectivity index (χ1) is 9.58. The zero-order chi connectivity index (χ0) is 14.5. The summed E-state index contributed by atoms with van der Waals surface area (Å²) in [4.78, 5) is 0. The van der Waals surface area contributed by atoms with Gasteiger partial charge in [-0.3, -0.25) is 4.68 Å². The summed E-state index contributed by atoms with van der Waals surface area (Å²) in [6.07, 6.45) is 0.714. The van der Waals surface area contributed by atoms with Crippen molar-refractivity contribution in [3.05, 3.63) is 46.2 Å². The lowest BCUT2D eigenvalue weighted by Gasteiger charge is -2.12. The van der Waals surface area contributed by atoms with Crippen LogP contribution < -0.4 is 4.74 Å². The number of aryl methyl sites for hydroxylation is 2. The maximum atomic E-state index is 10.1. The second-order valence-corrected chi connectivity index (χ2v) is 5.57. The predicted octanol–water partition coefficient (Wildman–Crippen LogP) is 2.86. The molecule has 1 N–H and O–H groups in total. The van der Waals surface area contributed by atoms with Crippen molar-refractivity contribution < 1.29 is 9.84 Å². The Balaban J connectivity index is 1.82. The van der Waals surface area contributed by atoms with Crippen LogP contribution in [0.4, 0.5) is 0 Å². The minimum absolute atomic E-state index is 0.440. The summed E-state index contributed by atoms with van der Waals surface area (Å²) in [7, 11) is 1.89. The van der Waals surface area contributed by atoms with Crippen LogP contribution in [0.2, 0.25) is 0 Å². The number of hydrogen-bond donors (Lipinski definition) is 1. The average Bonchev–Trinajstić information content (AvgIpc) is 2.67. The number of aliphatic hydroxyl groups excluding tert-OH is 1. The molecule has 0 aliphatic carbocycles. The van der Waals surface area contributed by atoms with E-state index in [1.54, 1.807) is 4.68 Å². The summed E-state index contributed by atoms with van der Waals surface area (Å²) in [5.74, 6) is 0.831. The van der Waals surface area contributed by atoms with Crippen LogP contribution >= 0.6 is 15.9 Å². The number of aromatic nitrogens is 2. The number of halogens is 1. The maximum Gasteiger partial charge on any atom is 0.119 e. The van der Waals surface area contributed by atoms with Gasteiger partial charge in [0.1, 0.15) is 5.75 Å². The van der Waals surface area contributed by atoms with E-state index in [9.17, 15) is 5.11 Å². The van der Waals surface area contributed by atoms with Gasteiger partial charge in [-0.15, -0.1) is 0 Å². The molecule has 108 valence electrons. The highest BCUT2D eigenvalue weighted by molar-refractivity contribution is 9.10. The lowest BCUT2D eigenvalue weighted by molar-refractivity contribution is 0.137. The van der Waals surface area contributed by atoms with Crippen LogP contribution in [0, 0.1) is 6.92 Å². The smallest absolute Gasteiger partial charge is 0.119 e. The van der Waals surface area contributed by atoms with Gasteiger partial charge in [0.2, 0.25) is 0 Å². The van der Waals surface area contributed by atoms with Crippen molar-refractivity contribution in [1.82, 2.24) is 9.78 Å². The maximum absolute atomic E-state index is 10.1. The van der Waals surface area contributed by atoms with E-state index >= 15 is 0 Å². The van der Waals surface area contributed by atoms with Gasteiger partial charge < -0.3 is 9.84 Å². The Hall–Kier alpha value is -1.33. The Morgan fingerprint density at radius 2 is 2.05 bits per heavy atom. The number of benzene rings is 1. The largest absolute Gasteiger partial charge is 0.493 e. The van der Waals surface area contributed by atoms with E-state index < -0.39 is 6.10 Å². The molecule has 0 amide bonds. The van der Waals surface area contributed by atoms with Crippen LogP contribution in [0.15, 0.2) is 34.8 Å². The molecule has 20 heavy (non-hydrogen) atoms. The predicted molar refractivity (Wildman–Crippen MR) is 81.9 cm³/mol. The topological polar surface area (TPSA) is 47.3 Å². The highest BCUT2D eigenvalue weighted by Gasteiger charge is 2.15. The fourth-order valence-electron chi connectivity index (χ4n) is 2.06. The molecule has 0 spiro atoms. The summed E-state index contributed by atoms with van der Waals surface area (Å²) < 4.78 is 8.37. The number of aliphatic hydroxyl groups is 1. The van der Waals surface area contributed by atoms with Crippen molar-refractivity contribution in [3.8, 4) is 5.75 Å². The second-order valence-electron chi connectivity index (χ2n) is 4.78. The van der Waals surface area contributed by atoms with Crippen molar-refractivity contribution in [1.29, 1.82) is 0 Å². The third kappa shape index (κ3) is 3.84. The number of nitrogens with zero attached hydrogens (tertiary/aromatic N) is 2. The molecule has 1 heterocycles. The van der Waals surface area contributed by atoms with Gasteiger partial charge in [0.05, 0.1) is 28.6 Å². The fraction of sp³-hybridized carbons (Fsp3) is 0.400. The molecule has 0 saturated carbocycles. The summed E-state index contributed by atoms with van der Waals surface area (Å²) in [6, 6.07) is 9.63. The molecule has 1 unspecified atom stereocenters. The van der Waals surface area contributed by atoms with E-state index in [0.29, 0.717) is 19.4 Å². The molecule has 0 bridgehead atoms. The SMILES string of the molecule is Cc1nn(C)c(CC(O)CCOc2ccccc2)c1Br. The molecule has 0 saturated heterocycles. The molecular formula is C15H19BrN2O2. The van der Waals surface area contributed by atoms with Gasteiger partial charge >= 0.3 is 0 Å². The molecule has 0 radical (unpaired) electrons. The van der Waals surface area contributed by atoms with Gasteiger partial charge in [-0.25, -0.2) is 0 Å². The molecule has 0 fully saturated rings. The number of hydrogen-bond acceptors (Lipinski definition) is 3. The molecule has 5 heteroatoms. The van der Waals surface area contributed by atoms with Crippen LogP contribution in [-0.2, 0) is 13.5 Å². The zero-order valence-corrected chi connectivity index (χ0v) is 13.3. The number of para-hydroxylation sites is 1. The first-order valence-electron chi connectivity index (χ1n) is 6.62. The van der Waals surface area contributed by atoms with Crippen molar-refractivity contribution in [3.63, 3.8) is 0 Å². The number of rotatable bonds is 6. The van der Waals surface area contributed by atoms with Crippen LogP contribution in [0.1, 0.15) is 17.8 Å². The van der Waals surface area contributed by atoms with E-state index in [1.165, 1.54) is 0 Å². The molecule has 2 aromatic rings. The minimum atomic E-state index is -0.440. The van der Waals surface area contributed by atoms with E-state index in [0.717, 1.165) is 21.6 Å². The van der Waals surface area contributed by atoms with Crippen LogP contribution in [-0.4, -0.2) is 27.6 Å². The van der Waals surface area contributed by atoms with Gasteiger partial charge in [-0.1, -0.05) is 18.2 Å². The van der Waals surface area contributed by atoms with Gasteiger partial charge in [0, 0.05) is 19.9 Å². The summed E-state index contributed by atoms with van der Waals surface area (Å²) >= 11 is 3.51. The Labute approximate surface area is 127 Å². The first kappa shape index (κ1) is 15.1. The number of ether oxygens (including phenoxy) is 1. The van der Waals surface area contributed by atoms with Crippen molar-refractivity contribution in [2.75, 3.05) is 6.61 Å². The molecular weight excluding hydrogens is 320 g/mol. The van der Waals surface area contributed by atoms with Crippen molar-refractivity contribution in [2.24, 2.45) is 7.05 Å². The molecule has 4 nitrogen and oxygen atoms in total.